The highest BCUT2D eigenvalue weighted by Gasteiger charge is 2.69. The molecule has 0 radical (unpaired) electrons. The summed E-state index contributed by atoms with van der Waals surface area (Å²) >= 11 is 0. The number of rotatable bonds is 13. The summed E-state index contributed by atoms with van der Waals surface area (Å²) < 4.78 is 33.4. The molecule has 4 N–H and O–H groups in total. The molecule has 3 rings (SSSR count). The number of nitrogens with one attached hydrogen (secondary N) is 2. The van der Waals surface area contributed by atoms with E-state index in [1.54, 1.807) is 62.3 Å². The molecule has 0 aromatic carbocycles. The largest absolute Gasteiger partial charge is 0.477 e. The van der Waals surface area contributed by atoms with Crippen molar-refractivity contribution >= 4 is 35.7 Å². The van der Waals surface area contributed by atoms with Crippen LogP contribution in [0.1, 0.15) is 76.2 Å². The summed E-state index contributed by atoms with van der Waals surface area (Å²) in [6.07, 6.45) is -3.91. The Balaban J connectivity index is 1.69. The minimum Gasteiger partial charge on any atom is -0.477 e. The van der Waals surface area contributed by atoms with Gasteiger partial charge in [0.1, 0.15) is 29.0 Å². The third kappa shape index (κ3) is 17.2. The number of aliphatic carboxylic acids is 1. The van der Waals surface area contributed by atoms with Crippen molar-refractivity contribution < 1.29 is 67.4 Å². The molecule has 3 aliphatic rings. The Morgan fingerprint density at radius 2 is 0.983 bits per heavy atom. The maximum absolute atomic E-state index is 13.3. The first-order chi connectivity index (χ1) is 27.0. The molecular weight excluding hydrogens is 776 g/mol. The number of fused-ring (bicyclic) bond motifs is 1. The normalized spacial score (nSPS) is 25.5. The van der Waals surface area contributed by atoms with Crippen molar-refractivity contribution in [3.8, 4) is 0 Å². The molecule has 1 unspecified atom stereocenters. The van der Waals surface area contributed by atoms with Crippen molar-refractivity contribution in [3.05, 3.63) is 0 Å². The van der Waals surface area contributed by atoms with Crippen molar-refractivity contribution in [2.45, 2.75) is 123 Å². The first-order valence-corrected chi connectivity index (χ1v) is 20.1. The average molecular weight is 845 g/mol. The second-order valence-corrected chi connectivity index (χ2v) is 18.6. The van der Waals surface area contributed by atoms with Gasteiger partial charge < -0.3 is 49.3 Å². The molecule has 20 nitrogen and oxygen atoms in total. The van der Waals surface area contributed by atoms with Crippen LogP contribution in [0.15, 0.2) is 0 Å². The molecule has 0 aliphatic carbocycles. The van der Waals surface area contributed by atoms with Gasteiger partial charge in [0, 0.05) is 58.9 Å². The number of amides is 2. The molecule has 4 atom stereocenters. The summed E-state index contributed by atoms with van der Waals surface area (Å²) in [7, 11) is 0. The lowest BCUT2D eigenvalue weighted by molar-refractivity contribution is -0.262. The Morgan fingerprint density at radius 3 is 1.32 bits per heavy atom. The number of carbonyl (C=O) groups excluding carboxylic acids is 5. The van der Waals surface area contributed by atoms with Crippen LogP contribution < -0.4 is 10.6 Å². The van der Waals surface area contributed by atoms with Gasteiger partial charge in [-0.15, -0.1) is 0 Å². The molecule has 3 fully saturated rings. The van der Waals surface area contributed by atoms with Gasteiger partial charge in [-0.25, -0.2) is 4.79 Å². The molecular formula is C39H68N6O14. The van der Waals surface area contributed by atoms with E-state index >= 15 is 0 Å². The number of aliphatic hydroxyl groups excluding tert-OH is 1. The van der Waals surface area contributed by atoms with Crippen LogP contribution in [0.2, 0.25) is 0 Å². The zero-order chi connectivity index (χ0) is 44.6. The molecule has 0 spiro atoms. The number of esters is 3. The number of carboxylic acid groups (broad SMARTS) is 1. The predicted molar refractivity (Wildman–Crippen MR) is 211 cm³/mol. The Morgan fingerprint density at radius 1 is 0.610 bits per heavy atom. The Labute approximate surface area is 347 Å². The van der Waals surface area contributed by atoms with E-state index in [2.05, 4.69) is 10.6 Å². The SMILES string of the molecule is CC(C)(C)OC(=O)CN1CCN(CC(=O)NCC(=O)NCC2O[C@@]3(C(=O)O)OC(C)(C)O[C@H]3[C@@H]2O)CCN(CC(=O)OC(C)(C)C)CCN(CC(=O)OC(C)(C)C)CC1. The molecule has 3 aliphatic heterocycles. The fraction of sp³-hybridized carbons (Fsp3) is 0.846. The number of carboxylic acids is 1. The number of carbonyl (C=O) groups is 6. The van der Waals surface area contributed by atoms with E-state index in [1.807, 2.05) is 19.6 Å². The predicted octanol–water partition coefficient (Wildman–Crippen LogP) is -0.842. The summed E-state index contributed by atoms with van der Waals surface area (Å²) in [5.74, 6) is -7.38. The molecule has 0 aromatic heterocycles. The molecule has 0 bridgehead atoms. The topological polar surface area (TPSA) is 235 Å². The molecule has 3 heterocycles. The average Bonchev–Trinajstić information content (AvgIpc) is 3.48. The zero-order valence-corrected chi connectivity index (χ0v) is 36.7. The zero-order valence-electron chi connectivity index (χ0n) is 36.7. The molecule has 338 valence electrons. The van der Waals surface area contributed by atoms with Gasteiger partial charge in [0.2, 0.25) is 11.8 Å². The Hall–Kier alpha value is -3.50. The van der Waals surface area contributed by atoms with Gasteiger partial charge in [0.05, 0.1) is 32.7 Å². The van der Waals surface area contributed by atoms with Crippen LogP contribution in [0, 0.1) is 0 Å². The number of ether oxygens (including phenoxy) is 6. The summed E-state index contributed by atoms with van der Waals surface area (Å²) in [6.45, 7) is 21.0. The molecule has 0 saturated carbocycles. The van der Waals surface area contributed by atoms with Crippen molar-refractivity contribution in [1.29, 1.82) is 0 Å². The van der Waals surface area contributed by atoms with E-state index in [9.17, 15) is 39.0 Å². The van der Waals surface area contributed by atoms with E-state index in [0.717, 1.165) is 0 Å². The maximum Gasteiger partial charge on any atom is 0.367 e. The number of aliphatic hydroxyl groups is 1. The maximum atomic E-state index is 13.3. The first-order valence-electron chi connectivity index (χ1n) is 20.1. The van der Waals surface area contributed by atoms with Crippen molar-refractivity contribution in [2.75, 3.05) is 91.6 Å². The summed E-state index contributed by atoms with van der Waals surface area (Å²) in [5, 5.41) is 25.7. The second-order valence-electron chi connectivity index (χ2n) is 18.6. The number of nitrogens with zero attached hydrogens (tertiary/aromatic N) is 4. The van der Waals surface area contributed by atoms with Crippen molar-refractivity contribution in [2.24, 2.45) is 0 Å². The van der Waals surface area contributed by atoms with Crippen LogP contribution >= 0.6 is 0 Å². The highest BCUT2D eigenvalue weighted by Crippen LogP contribution is 2.45. The van der Waals surface area contributed by atoms with E-state index in [-0.39, 0.29) is 32.7 Å². The van der Waals surface area contributed by atoms with Crippen LogP contribution in [0.4, 0.5) is 0 Å². The fourth-order valence-electron chi connectivity index (χ4n) is 6.68. The van der Waals surface area contributed by atoms with Gasteiger partial charge in [0.15, 0.2) is 11.9 Å². The van der Waals surface area contributed by atoms with Gasteiger partial charge in [0.25, 0.3) is 0 Å². The van der Waals surface area contributed by atoms with Crippen molar-refractivity contribution in [1.82, 2.24) is 30.2 Å². The Kier molecular flexibility index (Phi) is 17.2. The van der Waals surface area contributed by atoms with Gasteiger partial charge in [-0.3, -0.25) is 43.6 Å². The summed E-state index contributed by atoms with van der Waals surface area (Å²) in [4.78, 5) is 84.5. The highest BCUT2D eigenvalue weighted by molar-refractivity contribution is 5.85. The van der Waals surface area contributed by atoms with E-state index in [0.29, 0.717) is 52.4 Å². The van der Waals surface area contributed by atoms with Gasteiger partial charge in [-0.2, -0.15) is 0 Å². The summed E-state index contributed by atoms with van der Waals surface area (Å²) in [5.41, 5.74) is -2.09. The minimum atomic E-state index is -2.24. The van der Waals surface area contributed by atoms with Gasteiger partial charge >= 0.3 is 29.7 Å². The van der Waals surface area contributed by atoms with Crippen LogP contribution in [0.5, 0.6) is 0 Å². The number of hydrogen-bond donors (Lipinski definition) is 4. The second kappa shape index (κ2) is 20.4. The quantitative estimate of drug-likeness (QED) is 0.131. The smallest absolute Gasteiger partial charge is 0.367 e. The van der Waals surface area contributed by atoms with E-state index in [1.165, 1.54) is 13.8 Å². The summed E-state index contributed by atoms with van der Waals surface area (Å²) in [6, 6.07) is 0. The third-order valence-electron chi connectivity index (χ3n) is 9.06. The first kappa shape index (κ1) is 49.9. The van der Waals surface area contributed by atoms with E-state index in [4.69, 9.17) is 28.4 Å². The third-order valence-corrected chi connectivity index (χ3v) is 9.06. The van der Waals surface area contributed by atoms with Crippen LogP contribution in [-0.2, 0) is 57.2 Å². The highest BCUT2D eigenvalue weighted by atomic mass is 16.9. The molecule has 0 aromatic rings. The lowest BCUT2D eigenvalue weighted by Crippen LogP contribution is -2.51. The van der Waals surface area contributed by atoms with Crippen molar-refractivity contribution in [3.63, 3.8) is 0 Å². The number of hydrogen-bond acceptors (Lipinski definition) is 17. The molecule has 2 amide bonds. The lowest BCUT2D eigenvalue weighted by Gasteiger charge is -2.34. The van der Waals surface area contributed by atoms with Crippen LogP contribution in [-0.4, -0.2) is 204 Å². The van der Waals surface area contributed by atoms with Crippen LogP contribution in [0.3, 0.4) is 0 Å². The Bertz CT molecular complexity index is 1450. The lowest BCUT2D eigenvalue weighted by atomic mass is 10.1. The fourth-order valence-corrected chi connectivity index (χ4v) is 6.68. The minimum absolute atomic E-state index is 0.00321. The molecule has 20 heteroatoms. The molecule has 59 heavy (non-hydrogen) atoms. The van der Waals surface area contributed by atoms with Crippen LogP contribution in [0.25, 0.3) is 0 Å². The molecule has 3 saturated heterocycles. The monoisotopic (exact) mass is 844 g/mol. The van der Waals surface area contributed by atoms with Gasteiger partial charge in [-0.1, -0.05) is 0 Å². The standard InChI is InChI=1S/C39H68N6O14/c1-35(2,3)55-29(48)23-43-14-12-42(13-15-44(24-30(49)56-36(4,5)6)17-19-45(18-16-43)25-31(50)57-37(7,8)9)22-28(47)41-21-27(46)40-20-26-32(51)33-39(54-26,34(52)53)59-38(10,11)58-33/h26,32-33,51H,12-25H2,1-11H3,(H,40,46)(H,41,47)(H,52,53)/t26?,32-,33+,39-/m1/s1. The van der Waals surface area contributed by atoms with Gasteiger partial charge in [-0.05, 0) is 76.2 Å². The van der Waals surface area contributed by atoms with E-state index < -0.39 is 88.9 Å².